The van der Waals surface area contributed by atoms with Crippen LogP contribution in [0, 0.1) is 6.92 Å². The zero-order valence-electron chi connectivity index (χ0n) is 15.1. The lowest BCUT2D eigenvalue weighted by Crippen LogP contribution is -2.45. The number of carbonyl (C=O) groups excluding carboxylic acids is 1. The van der Waals surface area contributed by atoms with E-state index in [2.05, 4.69) is 15.3 Å². The van der Waals surface area contributed by atoms with Crippen molar-refractivity contribution in [1.29, 1.82) is 0 Å². The Morgan fingerprint density at radius 1 is 1.21 bits per heavy atom. The van der Waals surface area contributed by atoms with Crippen LogP contribution in [0.1, 0.15) is 28.7 Å². The summed E-state index contributed by atoms with van der Waals surface area (Å²) >= 11 is 0. The van der Waals surface area contributed by atoms with E-state index in [1.165, 1.54) is 0 Å². The Morgan fingerprint density at radius 2 is 1.93 bits per heavy atom. The predicted octanol–water partition coefficient (Wildman–Crippen LogP) is 3.23. The zero-order chi connectivity index (χ0) is 20.4. The van der Waals surface area contributed by atoms with E-state index in [0.717, 1.165) is 16.7 Å². The first-order valence-corrected chi connectivity index (χ1v) is 8.62. The summed E-state index contributed by atoms with van der Waals surface area (Å²) < 4.78 is 38.3. The number of nitrogens with zero attached hydrogens (tertiary/aromatic N) is 1. The number of rotatable bonds is 5. The van der Waals surface area contributed by atoms with Gasteiger partial charge < -0.3 is 15.3 Å². The molecule has 0 saturated carbocycles. The van der Waals surface area contributed by atoms with Crippen molar-refractivity contribution < 1.29 is 27.9 Å². The highest BCUT2D eigenvalue weighted by molar-refractivity contribution is 6.01. The molecule has 0 saturated heterocycles. The smallest absolute Gasteiger partial charge is 0.352 e. The minimum atomic E-state index is -4.93. The van der Waals surface area contributed by atoms with Gasteiger partial charge in [0.05, 0.1) is 18.6 Å². The Balaban J connectivity index is 1.54. The van der Waals surface area contributed by atoms with Crippen molar-refractivity contribution in [2.75, 3.05) is 0 Å². The van der Waals surface area contributed by atoms with Crippen LogP contribution >= 0.6 is 0 Å². The minimum absolute atomic E-state index is 0.00913. The fourth-order valence-corrected chi connectivity index (χ4v) is 2.81. The van der Waals surface area contributed by atoms with Crippen molar-refractivity contribution in [2.24, 2.45) is 5.16 Å². The van der Waals surface area contributed by atoms with Gasteiger partial charge in [-0.25, -0.2) is 0 Å². The third-order valence-electron chi connectivity index (χ3n) is 4.38. The lowest BCUT2D eigenvalue weighted by molar-refractivity contribution is -0.355. The second-order valence-corrected chi connectivity index (χ2v) is 6.73. The van der Waals surface area contributed by atoms with Crippen LogP contribution in [0.2, 0.25) is 0 Å². The molecule has 2 N–H and O–H groups in total. The van der Waals surface area contributed by atoms with Crippen LogP contribution in [0.25, 0.3) is 0 Å². The molecule has 1 unspecified atom stereocenters. The van der Waals surface area contributed by atoms with Crippen molar-refractivity contribution in [3.63, 3.8) is 0 Å². The van der Waals surface area contributed by atoms with Crippen molar-refractivity contribution in [3.8, 4) is 0 Å². The summed E-state index contributed by atoms with van der Waals surface area (Å²) in [6.45, 7) is 2.25. The first-order valence-electron chi connectivity index (χ1n) is 8.62. The molecule has 0 aliphatic carbocycles. The van der Waals surface area contributed by atoms with Gasteiger partial charge in [0.25, 0.3) is 0 Å². The number of aliphatic hydroxyl groups is 1. The molecule has 0 spiro atoms. The van der Waals surface area contributed by atoms with Crippen LogP contribution in [0.15, 0.2) is 53.7 Å². The molecule has 28 heavy (non-hydrogen) atoms. The van der Waals surface area contributed by atoms with Gasteiger partial charge in [-0.3, -0.25) is 4.79 Å². The van der Waals surface area contributed by atoms with E-state index in [0.29, 0.717) is 12.1 Å². The van der Waals surface area contributed by atoms with Gasteiger partial charge in [-0.1, -0.05) is 59.3 Å². The second kappa shape index (κ2) is 7.63. The molecular formula is C20H19F3N2O3. The maximum Gasteiger partial charge on any atom is 0.458 e. The summed E-state index contributed by atoms with van der Waals surface area (Å²) in [5.41, 5.74) is 3.21. The highest BCUT2D eigenvalue weighted by atomic mass is 19.4. The summed E-state index contributed by atoms with van der Waals surface area (Å²) in [6, 6.07) is 14.2. The number of alkyl halides is 3. The molecule has 0 aromatic heterocycles. The zero-order valence-corrected chi connectivity index (χ0v) is 15.1. The van der Waals surface area contributed by atoms with Gasteiger partial charge in [0.2, 0.25) is 5.91 Å². The van der Waals surface area contributed by atoms with Crippen molar-refractivity contribution in [1.82, 2.24) is 5.32 Å². The monoisotopic (exact) mass is 392 g/mol. The van der Waals surface area contributed by atoms with E-state index in [1.807, 2.05) is 31.2 Å². The quantitative estimate of drug-likeness (QED) is 0.821. The van der Waals surface area contributed by atoms with E-state index >= 15 is 0 Å². The molecule has 3 rings (SSSR count). The van der Waals surface area contributed by atoms with Gasteiger partial charge in [0, 0.05) is 6.54 Å². The molecule has 1 aliphatic heterocycles. The lowest BCUT2D eigenvalue weighted by Gasteiger charge is -2.22. The fourth-order valence-electron chi connectivity index (χ4n) is 2.81. The van der Waals surface area contributed by atoms with E-state index in [9.17, 15) is 23.1 Å². The van der Waals surface area contributed by atoms with Crippen LogP contribution in [-0.2, 0) is 22.6 Å². The molecule has 8 heteroatoms. The van der Waals surface area contributed by atoms with Gasteiger partial charge in [-0.15, -0.1) is 0 Å². The summed E-state index contributed by atoms with van der Waals surface area (Å²) in [6.07, 6.45) is -5.44. The number of hydrogen-bond acceptors (Lipinski definition) is 4. The molecular weight excluding hydrogens is 373 g/mol. The van der Waals surface area contributed by atoms with E-state index in [4.69, 9.17) is 0 Å². The maximum absolute atomic E-state index is 12.8. The first-order chi connectivity index (χ1) is 13.2. The normalized spacial score (nSPS) is 19.1. The summed E-state index contributed by atoms with van der Waals surface area (Å²) in [5.74, 6) is -3.41. The predicted molar refractivity (Wildman–Crippen MR) is 96.4 cm³/mol. The molecule has 1 amide bonds. The third-order valence-corrected chi connectivity index (χ3v) is 4.38. The first kappa shape index (κ1) is 19.9. The lowest BCUT2D eigenvalue weighted by atomic mass is 10.0. The van der Waals surface area contributed by atoms with Crippen LogP contribution < -0.4 is 5.32 Å². The highest BCUT2D eigenvalue weighted by Gasteiger charge is 2.60. The second-order valence-electron chi connectivity index (χ2n) is 6.73. The van der Waals surface area contributed by atoms with Crippen molar-refractivity contribution in [2.45, 2.75) is 38.3 Å². The molecule has 0 bridgehead atoms. The van der Waals surface area contributed by atoms with E-state index in [-0.39, 0.29) is 18.0 Å². The topological polar surface area (TPSA) is 70.9 Å². The summed E-state index contributed by atoms with van der Waals surface area (Å²) in [5, 5.41) is 15.7. The molecule has 0 radical (unpaired) electrons. The standard InChI is InChI=1S/C20H19F3N2O3/c1-13-3-2-4-15(9-13)10-18(26)24-12-14-5-7-16(8-6-14)17-11-19(27,28-25-17)20(21,22)23/h2-9,27H,10-12H2,1H3,(H,24,26). The maximum atomic E-state index is 12.8. The Morgan fingerprint density at radius 3 is 2.54 bits per heavy atom. The molecule has 1 heterocycles. The molecule has 2 aromatic rings. The van der Waals surface area contributed by atoms with Gasteiger partial charge in [0.15, 0.2) is 0 Å². The molecule has 2 aromatic carbocycles. The van der Waals surface area contributed by atoms with Crippen LogP contribution in [0.3, 0.4) is 0 Å². The third kappa shape index (κ3) is 4.51. The molecule has 1 aliphatic rings. The molecule has 0 fully saturated rings. The number of oxime groups is 1. The van der Waals surface area contributed by atoms with Crippen molar-refractivity contribution in [3.05, 3.63) is 70.8 Å². The van der Waals surface area contributed by atoms with Crippen LogP contribution in [0.5, 0.6) is 0 Å². The Hall–Kier alpha value is -2.87. The van der Waals surface area contributed by atoms with Gasteiger partial charge in [0.1, 0.15) is 0 Å². The highest BCUT2D eigenvalue weighted by Crippen LogP contribution is 2.38. The Labute approximate surface area is 159 Å². The van der Waals surface area contributed by atoms with Gasteiger partial charge >= 0.3 is 12.0 Å². The average molecular weight is 392 g/mol. The summed E-state index contributed by atoms with van der Waals surface area (Å²) in [4.78, 5) is 16.3. The fraction of sp³-hybridized carbons (Fsp3) is 0.300. The Bertz CT molecular complexity index is 894. The number of hydrogen-bond donors (Lipinski definition) is 2. The molecule has 5 nitrogen and oxygen atoms in total. The molecule has 1 atom stereocenters. The summed E-state index contributed by atoms with van der Waals surface area (Å²) in [7, 11) is 0. The van der Waals surface area contributed by atoms with Gasteiger partial charge in [-0.2, -0.15) is 13.2 Å². The number of aryl methyl sites for hydroxylation is 1. The number of amides is 1. The average Bonchev–Trinajstić information content (AvgIpc) is 3.04. The number of carbonyl (C=O) groups is 1. The number of halogens is 3. The largest absolute Gasteiger partial charge is 0.458 e. The van der Waals surface area contributed by atoms with Crippen LogP contribution in [-0.4, -0.2) is 28.7 Å². The Kier molecular flexibility index (Phi) is 5.42. The van der Waals surface area contributed by atoms with E-state index < -0.39 is 18.4 Å². The van der Waals surface area contributed by atoms with E-state index in [1.54, 1.807) is 24.3 Å². The van der Waals surface area contributed by atoms with Gasteiger partial charge in [-0.05, 0) is 23.6 Å². The van der Waals surface area contributed by atoms with Crippen LogP contribution in [0.4, 0.5) is 13.2 Å². The van der Waals surface area contributed by atoms with Crippen molar-refractivity contribution >= 4 is 11.6 Å². The molecule has 148 valence electrons. The minimum Gasteiger partial charge on any atom is -0.352 e. The number of nitrogens with one attached hydrogen (secondary N) is 1. The number of benzene rings is 2. The SMILES string of the molecule is Cc1cccc(CC(=O)NCc2ccc(C3=NOC(O)(C(F)(F)F)C3)cc2)c1.